The smallest absolute Gasteiger partial charge is 0.340 e. The van der Waals surface area contributed by atoms with E-state index in [1.165, 1.54) is 0 Å². The molecule has 0 aliphatic heterocycles. The molecule has 0 saturated heterocycles. The lowest BCUT2D eigenvalue weighted by atomic mass is 9.99. The van der Waals surface area contributed by atoms with Gasteiger partial charge in [0.2, 0.25) is 0 Å². The number of aliphatic carboxylic acids is 1. The molecule has 7 nitrogen and oxygen atoms in total. The van der Waals surface area contributed by atoms with E-state index in [0.717, 1.165) is 16.5 Å². The molecule has 3 aromatic rings. The highest BCUT2D eigenvalue weighted by Gasteiger charge is 2.20. The van der Waals surface area contributed by atoms with Crippen LogP contribution in [0.1, 0.15) is 37.0 Å². The normalized spacial score (nSPS) is 12.8. The molecule has 0 aliphatic carbocycles. The first-order valence-electron chi connectivity index (χ1n) is 10.5. The molecule has 0 radical (unpaired) electrons. The van der Waals surface area contributed by atoms with Crippen molar-refractivity contribution in [2.45, 2.75) is 39.7 Å². The Balaban J connectivity index is 1.74. The maximum absolute atomic E-state index is 12.6. The number of rotatable bonds is 9. The maximum Gasteiger partial charge on any atom is 0.340 e. The molecule has 2 atom stereocenters. The lowest BCUT2D eigenvalue weighted by molar-refractivity contribution is -0.309. The van der Waals surface area contributed by atoms with Crippen molar-refractivity contribution in [1.29, 1.82) is 0 Å². The fraction of sp³-hybridized carbons (Fsp3) is 0.320. The molecule has 0 unspecified atom stereocenters. The van der Waals surface area contributed by atoms with Crippen LogP contribution in [0.2, 0.25) is 0 Å². The molecule has 1 aromatic heterocycles. The van der Waals surface area contributed by atoms with Gasteiger partial charge in [-0.2, -0.15) is 0 Å². The number of hydrogen-bond donors (Lipinski definition) is 1. The van der Waals surface area contributed by atoms with Crippen molar-refractivity contribution in [2.75, 3.05) is 6.61 Å². The van der Waals surface area contributed by atoms with Crippen molar-refractivity contribution in [3.05, 3.63) is 75.6 Å². The molecule has 7 heteroatoms. The van der Waals surface area contributed by atoms with E-state index in [4.69, 9.17) is 9.15 Å². The van der Waals surface area contributed by atoms with Crippen LogP contribution in [0.15, 0.2) is 57.7 Å². The molecule has 1 amide bonds. The van der Waals surface area contributed by atoms with Gasteiger partial charge in [0, 0.05) is 23.4 Å². The quantitative estimate of drug-likeness (QED) is 0.516. The fourth-order valence-corrected chi connectivity index (χ4v) is 3.50. The van der Waals surface area contributed by atoms with E-state index in [-0.39, 0.29) is 12.5 Å². The number of carbonyl (C=O) groups is 2. The van der Waals surface area contributed by atoms with E-state index in [1.807, 2.05) is 44.2 Å². The molecule has 1 heterocycles. The Morgan fingerprint density at radius 1 is 1.16 bits per heavy atom. The van der Waals surface area contributed by atoms with Gasteiger partial charge in [0.15, 0.2) is 6.61 Å². The van der Waals surface area contributed by atoms with Gasteiger partial charge in [-0.3, -0.25) is 4.79 Å². The van der Waals surface area contributed by atoms with E-state index >= 15 is 0 Å². The summed E-state index contributed by atoms with van der Waals surface area (Å²) in [6.07, 6.45) is 1.05. The van der Waals surface area contributed by atoms with Crippen LogP contribution in [0.4, 0.5) is 0 Å². The Bertz CT molecular complexity index is 1170. The van der Waals surface area contributed by atoms with Gasteiger partial charge in [0.05, 0.1) is 12.0 Å². The number of carboxylic acids is 1. The first kappa shape index (κ1) is 23.1. The van der Waals surface area contributed by atoms with Crippen molar-refractivity contribution < 1.29 is 23.8 Å². The number of amides is 1. The first-order chi connectivity index (χ1) is 15.3. The van der Waals surface area contributed by atoms with Gasteiger partial charge < -0.3 is 24.4 Å². The summed E-state index contributed by atoms with van der Waals surface area (Å²) in [5.74, 6) is -1.84. The minimum Gasteiger partial charge on any atom is -0.548 e. The molecule has 0 aliphatic rings. The van der Waals surface area contributed by atoms with Crippen LogP contribution >= 0.6 is 0 Å². The van der Waals surface area contributed by atoms with Gasteiger partial charge in [0.25, 0.3) is 5.91 Å². The average Bonchev–Trinajstić information content (AvgIpc) is 2.78. The van der Waals surface area contributed by atoms with Crippen molar-refractivity contribution in [1.82, 2.24) is 5.32 Å². The van der Waals surface area contributed by atoms with Gasteiger partial charge in [-0.05, 0) is 36.1 Å². The van der Waals surface area contributed by atoms with Crippen LogP contribution in [-0.2, 0) is 16.0 Å². The summed E-state index contributed by atoms with van der Waals surface area (Å²) in [6, 6.07) is 13.6. The van der Waals surface area contributed by atoms with Gasteiger partial charge in [-0.25, -0.2) is 4.79 Å². The molecule has 0 fully saturated rings. The van der Waals surface area contributed by atoms with E-state index < -0.39 is 23.5 Å². The van der Waals surface area contributed by atoms with Gasteiger partial charge in [-0.1, -0.05) is 50.6 Å². The molecule has 0 bridgehead atoms. The zero-order chi connectivity index (χ0) is 23.3. The minimum absolute atomic E-state index is 0.271. The number of fused-ring (bicyclic) bond motifs is 1. The number of carbonyl (C=O) groups excluding carboxylic acids is 2. The predicted octanol–water partition coefficient (Wildman–Crippen LogP) is 2.35. The molecular weight excluding hydrogens is 410 g/mol. The average molecular weight is 436 g/mol. The van der Waals surface area contributed by atoms with E-state index in [0.29, 0.717) is 29.7 Å². The Kier molecular flexibility index (Phi) is 7.30. The third kappa shape index (κ3) is 5.35. The molecule has 0 spiro atoms. The highest BCUT2D eigenvalue weighted by Crippen LogP contribution is 2.25. The molecule has 2 aromatic carbocycles. The second kappa shape index (κ2) is 10.1. The summed E-state index contributed by atoms with van der Waals surface area (Å²) in [6.45, 7) is 5.06. The topological polar surface area (TPSA) is 109 Å². The third-order valence-corrected chi connectivity index (χ3v) is 5.64. The Labute approximate surface area is 186 Å². The number of ether oxygens (including phenoxy) is 1. The van der Waals surface area contributed by atoms with Gasteiger partial charge in [0.1, 0.15) is 11.3 Å². The fourth-order valence-electron chi connectivity index (χ4n) is 3.50. The lowest BCUT2D eigenvalue weighted by Gasteiger charge is -2.25. The highest BCUT2D eigenvalue weighted by molar-refractivity contribution is 5.84. The highest BCUT2D eigenvalue weighted by atomic mass is 16.5. The van der Waals surface area contributed by atoms with E-state index in [2.05, 4.69) is 5.32 Å². The lowest BCUT2D eigenvalue weighted by Crippen LogP contribution is -2.52. The zero-order valence-electron chi connectivity index (χ0n) is 18.3. The number of benzene rings is 2. The predicted molar refractivity (Wildman–Crippen MR) is 118 cm³/mol. The van der Waals surface area contributed by atoms with Crippen LogP contribution in [0, 0.1) is 12.8 Å². The zero-order valence-corrected chi connectivity index (χ0v) is 18.3. The SMILES string of the molecule is CC[C@H](C)[C@H](NC(=O)COc1ccc2c(C)c(Cc3ccccc3)c(=O)oc2c1)C(=O)[O-]. The minimum atomic E-state index is -1.33. The third-order valence-electron chi connectivity index (χ3n) is 5.64. The Morgan fingerprint density at radius 3 is 2.53 bits per heavy atom. The number of carboxylic acid groups (broad SMARTS) is 1. The molecule has 32 heavy (non-hydrogen) atoms. The summed E-state index contributed by atoms with van der Waals surface area (Å²) in [7, 11) is 0. The maximum atomic E-state index is 12.6. The Hall–Kier alpha value is -3.61. The molecule has 0 saturated carbocycles. The largest absolute Gasteiger partial charge is 0.548 e. The standard InChI is InChI=1S/C25H27NO6/c1-4-15(2)23(24(28)29)26-22(27)14-31-18-10-11-19-16(3)20(25(30)32-21(19)13-18)12-17-8-6-5-7-9-17/h5-11,13,15,23H,4,12,14H2,1-3H3,(H,26,27)(H,28,29)/p-1/t15-,23-/m0/s1. The second-order valence-corrected chi connectivity index (χ2v) is 7.85. The van der Waals surface area contributed by atoms with E-state index in [9.17, 15) is 19.5 Å². The summed E-state index contributed by atoms with van der Waals surface area (Å²) < 4.78 is 11.0. The van der Waals surface area contributed by atoms with Crippen LogP contribution < -0.4 is 20.8 Å². The molecule has 168 valence electrons. The van der Waals surface area contributed by atoms with Crippen LogP contribution in [0.3, 0.4) is 0 Å². The summed E-state index contributed by atoms with van der Waals surface area (Å²) in [5.41, 5.74) is 2.37. The van der Waals surface area contributed by atoms with Crippen LogP contribution in [0.25, 0.3) is 11.0 Å². The first-order valence-corrected chi connectivity index (χ1v) is 10.5. The van der Waals surface area contributed by atoms with Crippen molar-refractivity contribution in [3.8, 4) is 5.75 Å². The summed E-state index contributed by atoms with van der Waals surface area (Å²) in [4.78, 5) is 36.0. The Morgan fingerprint density at radius 2 is 1.88 bits per heavy atom. The molecular formula is C25H26NO6-. The van der Waals surface area contributed by atoms with Gasteiger partial charge >= 0.3 is 5.63 Å². The number of nitrogens with one attached hydrogen (secondary N) is 1. The van der Waals surface area contributed by atoms with Crippen molar-refractivity contribution in [2.24, 2.45) is 5.92 Å². The van der Waals surface area contributed by atoms with Crippen LogP contribution in [0.5, 0.6) is 5.75 Å². The monoisotopic (exact) mass is 436 g/mol. The van der Waals surface area contributed by atoms with Crippen molar-refractivity contribution >= 4 is 22.8 Å². The van der Waals surface area contributed by atoms with E-state index in [1.54, 1.807) is 25.1 Å². The summed E-state index contributed by atoms with van der Waals surface area (Å²) >= 11 is 0. The second-order valence-electron chi connectivity index (χ2n) is 7.85. The molecule has 1 N–H and O–H groups in total. The van der Waals surface area contributed by atoms with Gasteiger partial charge in [-0.15, -0.1) is 0 Å². The van der Waals surface area contributed by atoms with Crippen molar-refractivity contribution in [3.63, 3.8) is 0 Å². The number of aryl methyl sites for hydroxylation is 1. The summed E-state index contributed by atoms with van der Waals surface area (Å²) in [5, 5.41) is 14.5. The van der Waals surface area contributed by atoms with Crippen LogP contribution in [-0.4, -0.2) is 24.5 Å². The number of hydrogen-bond acceptors (Lipinski definition) is 6. The molecule has 3 rings (SSSR count).